The van der Waals surface area contributed by atoms with E-state index in [1.165, 1.54) is 0 Å². The highest BCUT2D eigenvalue weighted by atomic mass is 16.1. The molecule has 1 nitrogen and oxygen atoms in total. The van der Waals surface area contributed by atoms with Crippen molar-refractivity contribution < 1.29 is 4.79 Å². The second kappa shape index (κ2) is 4.29. The summed E-state index contributed by atoms with van der Waals surface area (Å²) in [6, 6.07) is 0. The van der Waals surface area contributed by atoms with E-state index < -0.39 is 0 Å². The number of rotatable bonds is 4. The van der Waals surface area contributed by atoms with Crippen LogP contribution in [-0.4, -0.2) is 5.78 Å². The van der Waals surface area contributed by atoms with Crippen molar-refractivity contribution >= 4 is 5.78 Å². The van der Waals surface area contributed by atoms with Gasteiger partial charge in [-0.3, -0.25) is 4.79 Å². The van der Waals surface area contributed by atoms with Gasteiger partial charge in [0, 0.05) is 12.3 Å². The Kier molecular flexibility index (Phi) is 3.52. The Morgan fingerprint density at radius 2 is 2.21 bits per heavy atom. The van der Waals surface area contributed by atoms with Crippen LogP contribution in [0.1, 0.15) is 46.5 Å². The molecule has 14 heavy (non-hydrogen) atoms. The predicted octanol–water partition coefficient (Wildman–Crippen LogP) is 3.59. The van der Waals surface area contributed by atoms with Crippen LogP contribution in [0.4, 0.5) is 0 Å². The maximum absolute atomic E-state index is 11.6. The van der Waals surface area contributed by atoms with Crippen molar-refractivity contribution in [3.8, 4) is 0 Å². The molecule has 0 spiro atoms. The van der Waals surface area contributed by atoms with Crippen LogP contribution >= 0.6 is 0 Å². The predicted molar refractivity (Wildman–Crippen MR) is 60.1 cm³/mol. The highest BCUT2D eigenvalue weighted by Gasteiger charge is 2.35. The lowest BCUT2D eigenvalue weighted by atomic mass is 9.77. The smallest absolute Gasteiger partial charge is 0.136 e. The highest BCUT2D eigenvalue weighted by Crippen LogP contribution is 2.38. The van der Waals surface area contributed by atoms with Gasteiger partial charge in [0.15, 0.2) is 0 Å². The maximum Gasteiger partial charge on any atom is 0.136 e. The van der Waals surface area contributed by atoms with Gasteiger partial charge in [-0.15, -0.1) is 6.58 Å². The van der Waals surface area contributed by atoms with Crippen LogP contribution < -0.4 is 0 Å². The van der Waals surface area contributed by atoms with Gasteiger partial charge in [-0.25, -0.2) is 0 Å². The van der Waals surface area contributed by atoms with Gasteiger partial charge in [0.05, 0.1) is 0 Å². The van der Waals surface area contributed by atoms with Gasteiger partial charge < -0.3 is 0 Å². The quantitative estimate of drug-likeness (QED) is 0.625. The van der Waals surface area contributed by atoms with E-state index in [1.807, 2.05) is 6.08 Å². The topological polar surface area (TPSA) is 17.1 Å². The highest BCUT2D eigenvalue weighted by molar-refractivity contribution is 5.83. The molecule has 0 aromatic rings. The summed E-state index contributed by atoms with van der Waals surface area (Å²) in [5.74, 6) is 1.38. The Labute approximate surface area is 87.6 Å². The molecule has 0 aromatic carbocycles. The normalized spacial score (nSPS) is 28.1. The zero-order valence-corrected chi connectivity index (χ0v) is 9.68. The van der Waals surface area contributed by atoms with Crippen molar-refractivity contribution in [3.63, 3.8) is 0 Å². The molecule has 0 unspecified atom stereocenters. The Morgan fingerprint density at radius 3 is 2.64 bits per heavy atom. The first-order valence-electron chi connectivity index (χ1n) is 5.60. The van der Waals surface area contributed by atoms with Crippen molar-refractivity contribution in [2.24, 2.45) is 17.3 Å². The monoisotopic (exact) mass is 194 g/mol. The number of Topliss-reactive ketones (excluding diaryl/α,β-unsaturated/α-hetero) is 1. The molecule has 1 fully saturated rings. The van der Waals surface area contributed by atoms with Gasteiger partial charge >= 0.3 is 0 Å². The minimum Gasteiger partial charge on any atom is -0.299 e. The summed E-state index contributed by atoms with van der Waals surface area (Å²) < 4.78 is 0. The van der Waals surface area contributed by atoms with Crippen LogP contribution in [0.2, 0.25) is 0 Å². The lowest BCUT2D eigenvalue weighted by Gasteiger charge is -2.27. The first kappa shape index (κ1) is 11.5. The number of carbonyl (C=O) groups is 1. The third kappa shape index (κ3) is 2.70. The van der Waals surface area contributed by atoms with Crippen molar-refractivity contribution in [1.82, 2.24) is 0 Å². The summed E-state index contributed by atoms with van der Waals surface area (Å²) in [6.07, 6.45) is 5.89. The van der Waals surface area contributed by atoms with Crippen LogP contribution in [0.3, 0.4) is 0 Å². The van der Waals surface area contributed by atoms with Crippen molar-refractivity contribution in [1.29, 1.82) is 0 Å². The molecular formula is C13H22O. The molecule has 1 aliphatic rings. The summed E-state index contributed by atoms with van der Waals surface area (Å²) in [6.45, 7) is 10.4. The van der Waals surface area contributed by atoms with E-state index in [4.69, 9.17) is 0 Å². The zero-order chi connectivity index (χ0) is 10.8. The molecule has 0 radical (unpaired) electrons. The molecule has 0 heterocycles. The Morgan fingerprint density at radius 1 is 1.57 bits per heavy atom. The molecule has 2 atom stereocenters. The van der Waals surface area contributed by atoms with E-state index in [0.29, 0.717) is 17.6 Å². The lowest BCUT2D eigenvalue weighted by Crippen LogP contribution is -2.22. The summed E-state index contributed by atoms with van der Waals surface area (Å²) >= 11 is 0. The fourth-order valence-electron chi connectivity index (χ4n) is 2.46. The molecule has 0 saturated heterocycles. The largest absolute Gasteiger partial charge is 0.299 e. The van der Waals surface area contributed by atoms with E-state index in [1.54, 1.807) is 0 Å². The number of hydrogen-bond acceptors (Lipinski definition) is 1. The Bertz CT molecular complexity index is 227. The zero-order valence-electron chi connectivity index (χ0n) is 9.68. The van der Waals surface area contributed by atoms with Crippen molar-refractivity contribution in [2.75, 3.05) is 0 Å². The van der Waals surface area contributed by atoms with Crippen LogP contribution in [0.15, 0.2) is 12.7 Å². The van der Waals surface area contributed by atoms with E-state index in [0.717, 1.165) is 25.7 Å². The minimum atomic E-state index is 0.237. The van der Waals surface area contributed by atoms with E-state index in [-0.39, 0.29) is 5.41 Å². The Hall–Kier alpha value is -0.590. The molecule has 0 N–H and O–H groups in total. The number of ketones is 1. The average Bonchev–Trinajstić information content (AvgIpc) is 2.35. The first-order valence-corrected chi connectivity index (χ1v) is 5.60. The lowest BCUT2D eigenvalue weighted by molar-refractivity contribution is -0.122. The minimum absolute atomic E-state index is 0.237. The van der Waals surface area contributed by atoms with E-state index in [2.05, 4.69) is 27.4 Å². The fraction of sp³-hybridized carbons (Fsp3) is 0.769. The molecule has 0 aliphatic heterocycles. The molecule has 1 rings (SSSR count). The summed E-state index contributed by atoms with van der Waals surface area (Å²) in [5, 5.41) is 0. The second-order valence-corrected chi connectivity index (χ2v) is 5.45. The van der Waals surface area contributed by atoms with Crippen LogP contribution in [-0.2, 0) is 4.79 Å². The standard InChI is InChI=1S/C13H22O/c1-5-8-13(3,4)9-11-10(2)6-7-12(11)14/h5,10-11H,1,6-9H2,2-4H3/t10-,11+/m0/s1. The van der Waals surface area contributed by atoms with Gasteiger partial charge in [0.1, 0.15) is 5.78 Å². The van der Waals surface area contributed by atoms with E-state index >= 15 is 0 Å². The number of hydrogen-bond donors (Lipinski definition) is 0. The third-order valence-electron chi connectivity index (χ3n) is 3.42. The number of allylic oxidation sites excluding steroid dienone is 1. The molecule has 0 aromatic heterocycles. The fourth-order valence-corrected chi connectivity index (χ4v) is 2.46. The molecule has 1 heteroatoms. The maximum atomic E-state index is 11.6. The molecule has 80 valence electrons. The van der Waals surface area contributed by atoms with Crippen molar-refractivity contribution in [3.05, 3.63) is 12.7 Å². The first-order chi connectivity index (χ1) is 6.46. The molecular weight excluding hydrogens is 172 g/mol. The second-order valence-electron chi connectivity index (χ2n) is 5.45. The van der Waals surface area contributed by atoms with Gasteiger partial charge in [-0.05, 0) is 30.6 Å². The average molecular weight is 194 g/mol. The summed E-state index contributed by atoms with van der Waals surface area (Å²) in [7, 11) is 0. The van der Waals surface area contributed by atoms with Gasteiger partial charge in [-0.2, -0.15) is 0 Å². The van der Waals surface area contributed by atoms with Gasteiger partial charge in [0.25, 0.3) is 0 Å². The SMILES string of the molecule is C=CCC(C)(C)C[C@H]1C(=O)CC[C@@H]1C. The third-order valence-corrected chi connectivity index (χ3v) is 3.42. The number of carbonyl (C=O) groups excluding carboxylic acids is 1. The van der Waals surface area contributed by atoms with Crippen LogP contribution in [0, 0.1) is 17.3 Å². The molecule has 1 aliphatic carbocycles. The van der Waals surface area contributed by atoms with Crippen molar-refractivity contribution in [2.45, 2.75) is 46.5 Å². The van der Waals surface area contributed by atoms with Crippen LogP contribution in [0.5, 0.6) is 0 Å². The summed E-state index contributed by atoms with van der Waals surface area (Å²) in [5.41, 5.74) is 0.237. The molecule has 0 bridgehead atoms. The molecule has 0 amide bonds. The van der Waals surface area contributed by atoms with Gasteiger partial charge in [-0.1, -0.05) is 26.8 Å². The molecule has 1 saturated carbocycles. The summed E-state index contributed by atoms with van der Waals surface area (Å²) in [4.78, 5) is 11.6. The van der Waals surface area contributed by atoms with Crippen LogP contribution in [0.25, 0.3) is 0 Å². The van der Waals surface area contributed by atoms with E-state index in [9.17, 15) is 4.79 Å². The Balaban J connectivity index is 2.58. The van der Waals surface area contributed by atoms with Gasteiger partial charge in [0.2, 0.25) is 0 Å².